The summed E-state index contributed by atoms with van der Waals surface area (Å²) in [7, 11) is 0. The third kappa shape index (κ3) is 5.91. The molecule has 0 saturated carbocycles. The van der Waals surface area contributed by atoms with Crippen LogP contribution in [0.15, 0.2) is 83.8 Å². The maximum Gasteiger partial charge on any atom is 0.433 e. The molecule has 0 atom stereocenters. The van der Waals surface area contributed by atoms with Gasteiger partial charge in [0.2, 0.25) is 0 Å². The fourth-order valence-corrected chi connectivity index (χ4v) is 5.37. The van der Waals surface area contributed by atoms with Gasteiger partial charge in [0.05, 0.1) is 5.69 Å². The van der Waals surface area contributed by atoms with Crippen molar-refractivity contribution < 1.29 is 31.9 Å². The molecule has 7 nitrogen and oxygen atoms in total. The van der Waals surface area contributed by atoms with Crippen molar-refractivity contribution in [2.45, 2.75) is 26.1 Å². The van der Waals surface area contributed by atoms with Crippen molar-refractivity contribution in [3.8, 4) is 16.9 Å². The molecule has 0 unspecified atom stereocenters. The van der Waals surface area contributed by atoms with E-state index in [1.165, 1.54) is 6.07 Å². The number of aryl methyl sites for hydroxylation is 1. The van der Waals surface area contributed by atoms with Gasteiger partial charge < -0.3 is 20.2 Å². The number of para-hydroxylation sites is 1. The van der Waals surface area contributed by atoms with Gasteiger partial charge in [-0.15, -0.1) is 17.9 Å². The number of carbonyl (C=O) groups excluding carboxylic acids is 2. The number of alkyl halides is 3. The van der Waals surface area contributed by atoms with Crippen LogP contribution in [0.2, 0.25) is 0 Å². The van der Waals surface area contributed by atoms with Crippen molar-refractivity contribution >= 4 is 39.1 Å². The number of pyridine rings is 1. The number of halogens is 3. The third-order valence-corrected chi connectivity index (χ3v) is 7.47. The molecule has 42 heavy (non-hydrogen) atoms. The number of aromatic nitrogens is 1. The van der Waals surface area contributed by atoms with Crippen LogP contribution in [0.3, 0.4) is 0 Å². The number of primary amides is 1. The second-order valence-electron chi connectivity index (χ2n) is 9.38. The molecule has 2 aromatic carbocycles. The number of ether oxygens (including phenoxy) is 1. The minimum absolute atomic E-state index is 0.0388. The first-order valence-electron chi connectivity index (χ1n) is 12.7. The molecule has 0 fully saturated rings. The van der Waals surface area contributed by atoms with E-state index in [0.717, 1.165) is 17.2 Å². The number of thiophene rings is 1. The van der Waals surface area contributed by atoms with Crippen molar-refractivity contribution in [1.29, 1.82) is 0 Å². The minimum Gasteiger partial charge on any atom is -0.485 e. The van der Waals surface area contributed by atoms with E-state index in [-0.39, 0.29) is 38.7 Å². The second kappa shape index (κ2) is 11.5. The molecule has 2 amide bonds. The van der Waals surface area contributed by atoms with Crippen LogP contribution in [0.1, 0.15) is 42.8 Å². The molecule has 0 radical (unpaired) electrons. The lowest BCUT2D eigenvalue weighted by Gasteiger charge is -2.12. The highest BCUT2D eigenvalue weighted by atomic mass is 32.1. The molecule has 0 aliphatic heterocycles. The fraction of sp³-hybridized carbons (Fsp3) is 0.129. The summed E-state index contributed by atoms with van der Waals surface area (Å²) >= 11 is 0.670. The first kappa shape index (κ1) is 28.6. The molecule has 11 heteroatoms. The number of anilines is 1. The maximum atomic E-state index is 13.8. The van der Waals surface area contributed by atoms with Gasteiger partial charge in [0.1, 0.15) is 33.5 Å². The Hall–Kier alpha value is -4.90. The summed E-state index contributed by atoms with van der Waals surface area (Å²) < 4.78 is 52.8. The van der Waals surface area contributed by atoms with Crippen LogP contribution in [0, 0.1) is 6.92 Å². The van der Waals surface area contributed by atoms with Crippen molar-refractivity contribution in [3.05, 3.63) is 113 Å². The number of hydrogen-bond donors (Lipinski definition) is 2. The van der Waals surface area contributed by atoms with Gasteiger partial charge in [-0.2, -0.15) is 13.2 Å². The van der Waals surface area contributed by atoms with Gasteiger partial charge in [0.25, 0.3) is 11.8 Å². The maximum absolute atomic E-state index is 13.8. The largest absolute Gasteiger partial charge is 0.485 e. The number of furan rings is 1. The summed E-state index contributed by atoms with van der Waals surface area (Å²) in [6, 6.07) is 18.2. The zero-order chi connectivity index (χ0) is 30.0. The van der Waals surface area contributed by atoms with E-state index in [9.17, 15) is 22.8 Å². The van der Waals surface area contributed by atoms with Gasteiger partial charge in [-0.3, -0.25) is 9.59 Å². The lowest BCUT2D eigenvalue weighted by molar-refractivity contribution is -0.140. The lowest BCUT2D eigenvalue weighted by Crippen LogP contribution is -2.16. The van der Waals surface area contributed by atoms with Gasteiger partial charge in [-0.25, -0.2) is 4.98 Å². The Morgan fingerprint density at radius 3 is 2.55 bits per heavy atom. The zero-order valence-electron chi connectivity index (χ0n) is 22.2. The molecular formula is C31H24F3N3O4S. The molecule has 3 N–H and O–H groups in total. The molecule has 0 bridgehead atoms. The number of nitrogens with two attached hydrogens (primary N) is 1. The molecule has 214 valence electrons. The summed E-state index contributed by atoms with van der Waals surface area (Å²) in [6.45, 7) is 5.63. The van der Waals surface area contributed by atoms with Gasteiger partial charge in [0.15, 0.2) is 5.76 Å². The number of hydrogen-bond acceptors (Lipinski definition) is 6. The van der Waals surface area contributed by atoms with Crippen molar-refractivity contribution in [2.24, 2.45) is 5.73 Å². The van der Waals surface area contributed by atoms with E-state index < -0.39 is 23.7 Å². The molecule has 5 rings (SSSR count). The molecule has 0 saturated heterocycles. The summed E-state index contributed by atoms with van der Waals surface area (Å²) in [6.07, 6.45) is -2.37. The van der Waals surface area contributed by atoms with Gasteiger partial charge in [-0.05, 0) is 54.3 Å². The van der Waals surface area contributed by atoms with Crippen molar-refractivity contribution in [3.63, 3.8) is 0 Å². The number of rotatable bonds is 9. The second-order valence-corrected chi connectivity index (χ2v) is 10.4. The molecule has 0 aliphatic rings. The summed E-state index contributed by atoms with van der Waals surface area (Å²) in [5.41, 5.74) is 6.82. The quantitative estimate of drug-likeness (QED) is 0.172. The average Bonchev–Trinajstić information content (AvgIpc) is 3.58. The van der Waals surface area contributed by atoms with E-state index in [1.807, 2.05) is 31.2 Å². The first-order valence-corrected chi connectivity index (χ1v) is 13.5. The number of nitrogens with one attached hydrogen (secondary N) is 1. The molecule has 0 spiro atoms. The fourth-order valence-electron chi connectivity index (χ4n) is 4.37. The highest BCUT2D eigenvalue weighted by molar-refractivity contribution is 7.21. The molecular weight excluding hydrogens is 567 g/mol. The van der Waals surface area contributed by atoms with Crippen LogP contribution >= 0.6 is 11.3 Å². The van der Waals surface area contributed by atoms with E-state index in [0.29, 0.717) is 34.8 Å². The average molecular weight is 592 g/mol. The highest BCUT2D eigenvalue weighted by Crippen LogP contribution is 2.43. The van der Waals surface area contributed by atoms with Gasteiger partial charge in [0, 0.05) is 5.39 Å². The summed E-state index contributed by atoms with van der Waals surface area (Å²) in [4.78, 5) is 29.2. The lowest BCUT2D eigenvalue weighted by atomic mass is 10.00. The Morgan fingerprint density at radius 2 is 1.86 bits per heavy atom. The summed E-state index contributed by atoms with van der Waals surface area (Å²) in [5, 5.41) is 2.79. The standard InChI is InChI=1S/C31H24F3N3O4S/c1-3-6-19-7-4-5-8-22(19)40-16-20-13-14-23(41-20)29(39)37-26-25-21(18-11-9-17(2)10-12-18)15-24(31(32,33)34)36-30(25)42-27(26)28(35)38/h3-5,7-15H,1,6,16H2,2H3,(H2,35,38)(H,37,39). The number of fused-ring (bicyclic) bond motifs is 1. The Balaban J connectivity index is 1.50. The molecule has 5 aromatic rings. The number of carbonyl (C=O) groups is 2. The molecule has 3 aromatic heterocycles. The normalized spacial score (nSPS) is 11.4. The number of allylic oxidation sites excluding steroid dienone is 1. The topological polar surface area (TPSA) is 107 Å². The van der Waals surface area contributed by atoms with Crippen molar-refractivity contribution in [1.82, 2.24) is 4.98 Å². The van der Waals surface area contributed by atoms with E-state index in [4.69, 9.17) is 14.9 Å². The minimum atomic E-state index is -4.74. The van der Waals surface area contributed by atoms with Crippen LogP contribution in [0.25, 0.3) is 21.3 Å². The third-order valence-electron chi connectivity index (χ3n) is 6.37. The van der Waals surface area contributed by atoms with Crippen LogP contribution in [-0.4, -0.2) is 16.8 Å². The monoisotopic (exact) mass is 591 g/mol. The Labute approximate surface area is 242 Å². The zero-order valence-corrected chi connectivity index (χ0v) is 23.1. The first-order chi connectivity index (χ1) is 20.0. The molecule has 0 aliphatic carbocycles. The molecule has 3 heterocycles. The van der Waals surface area contributed by atoms with E-state index >= 15 is 0 Å². The smallest absolute Gasteiger partial charge is 0.433 e. The van der Waals surface area contributed by atoms with Gasteiger partial charge in [-0.1, -0.05) is 54.1 Å². The number of benzene rings is 2. The SMILES string of the molecule is C=CCc1ccccc1OCc1ccc(C(=O)Nc2c(C(N)=O)sc3nc(C(F)(F)F)cc(-c4ccc(C)cc4)c23)o1. The Kier molecular flexibility index (Phi) is 7.86. The van der Waals surface area contributed by atoms with Gasteiger partial charge >= 0.3 is 6.18 Å². The van der Waals surface area contributed by atoms with Crippen LogP contribution in [-0.2, 0) is 19.2 Å². The van der Waals surface area contributed by atoms with Crippen LogP contribution in [0.5, 0.6) is 5.75 Å². The van der Waals surface area contributed by atoms with E-state index in [1.54, 1.807) is 36.4 Å². The Bertz CT molecular complexity index is 1810. The number of amides is 2. The Morgan fingerprint density at radius 1 is 1.12 bits per heavy atom. The van der Waals surface area contributed by atoms with E-state index in [2.05, 4.69) is 16.9 Å². The highest BCUT2D eigenvalue weighted by Gasteiger charge is 2.35. The van der Waals surface area contributed by atoms with Crippen LogP contribution < -0.4 is 15.8 Å². The summed E-state index contributed by atoms with van der Waals surface area (Å²) in [5.74, 6) is -0.756. The number of nitrogens with zero attached hydrogens (tertiary/aromatic N) is 1. The predicted octanol–water partition coefficient (Wildman–Crippen LogP) is 7.54. The predicted molar refractivity (Wildman–Crippen MR) is 155 cm³/mol. The van der Waals surface area contributed by atoms with Crippen molar-refractivity contribution in [2.75, 3.05) is 5.32 Å². The van der Waals surface area contributed by atoms with Crippen LogP contribution in [0.4, 0.5) is 18.9 Å².